The van der Waals surface area contributed by atoms with Crippen LogP contribution in [0, 0.1) is 0 Å². The van der Waals surface area contributed by atoms with Crippen LogP contribution in [0.15, 0.2) is 53.1 Å². The molecule has 3 aromatic rings. The number of aryl methyl sites for hydroxylation is 2. The molecule has 0 fully saturated rings. The van der Waals surface area contributed by atoms with Crippen LogP contribution >= 0.6 is 11.8 Å². The van der Waals surface area contributed by atoms with Gasteiger partial charge in [0.1, 0.15) is 17.2 Å². The Hall–Kier alpha value is -3.66. The van der Waals surface area contributed by atoms with Crippen LogP contribution in [-0.2, 0) is 13.5 Å². The normalized spacial score (nSPS) is 15.7. The molecule has 4 heterocycles. The highest BCUT2D eigenvalue weighted by Gasteiger charge is 2.20. The highest BCUT2D eigenvalue weighted by atomic mass is 32.2. The van der Waals surface area contributed by atoms with Gasteiger partial charge in [-0.1, -0.05) is 19.1 Å². The fourth-order valence-electron chi connectivity index (χ4n) is 4.37. The van der Waals surface area contributed by atoms with Crippen LogP contribution < -0.4 is 10.2 Å². The summed E-state index contributed by atoms with van der Waals surface area (Å²) >= 11 is 1.52. The minimum atomic E-state index is -0.124. The van der Waals surface area contributed by atoms with Crippen molar-refractivity contribution in [1.82, 2.24) is 24.8 Å². The van der Waals surface area contributed by atoms with Crippen molar-refractivity contribution in [3.8, 4) is 0 Å². The van der Waals surface area contributed by atoms with Gasteiger partial charge in [0.25, 0.3) is 0 Å². The summed E-state index contributed by atoms with van der Waals surface area (Å²) in [7, 11) is 4.04. The minimum absolute atomic E-state index is 0.124. The molecule has 180 valence electrons. The van der Waals surface area contributed by atoms with Gasteiger partial charge in [0.2, 0.25) is 0 Å². The zero-order valence-electron chi connectivity index (χ0n) is 20.1. The minimum Gasteiger partial charge on any atom is -0.334 e. The van der Waals surface area contributed by atoms with Gasteiger partial charge in [-0.2, -0.15) is 5.10 Å². The molecule has 2 amide bonds. The number of fused-ring (bicyclic) bond motifs is 1. The maximum absolute atomic E-state index is 12.6. The van der Waals surface area contributed by atoms with E-state index in [1.165, 1.54) is 28.5 Å². The average Bonchev–Trinajstić information content (AvgIpc) is 3.28. The Morgan fingerprint density at radius 1 is 1.26 bits per heavy atom. The molecule has 5 rings (SSSR count). The molecule has 0 saturated heterocycles. The number of hydrogen-bond acceptors (Lipinski definition) is 7. The molecule has 10 heteroatoms. The number of anilines is 2. The number of rotatable bonds is 4. The average molecular weight is 489 g/mol. The predicted octanol–water partition coefficient (Wildman–Crippen LogP) is 4.19. The monoisotopic (exact) mass is 488 g/mol. The molecule has 0 spiro atoms. The van der Waals surface area contributed by atoms with Crippen LogP contribution in [0.5, 0.6) is 0 Å². The van der Waals surface area contributed by atoms with Crippen molar-refractivity contribution >= 4 is 57.3 Å². The molecule has 35 heavy (non-hydrogen) atoms. The summed E-state index contributed by atoms with van der Waals surface area (Å²) in [4.78, 5) is 25.5. The van der Waals surface area contributed by atoms with Crippen molar-refractivity contribution in [2.24, 2.45) is 17.3 Å². The van der Waals surface area contributed by atoms with E-state index in [0.29, 0.717) is 24.7 Å². The summed E-state index contributed by atoms with van der Waals surface area (Å²) in [5.74, 6) is 2.12. The second-order valence-corrected chi connectivity index (χ2v) is 9.41. The van der Waals surface area contributed by atoms with Crippen molar-refractivity contribution in [2.45, 2.75) is 19.8 Å². The summed E-state index contributed by atoms with van der Waals surface area (Å²) in [5.41, 5.74) is 8.48. The third-order valence-electron chi connectivity index (χ3n) is 6.40. The van der Waals surface area contributed by atoms with Crippen LogP contribution in [-0.4, -0.2) is 62.7 Å². The summed E-state index contributed by atoms with van der Waals surface area (Å²) in [6, 6.07) is 8.55. The fraction of sp³-hybridized carbons (Fsp3) is 0.320. The number of carbonyl (C=O) groups is 1. The molecule has 0 atom stereocenters. The summed E-state index contributed by atoms with van der Waals surface area (Å²) in [6.45, 7) is 3.41. The first-order chi connectivity index (χ1) is 17.0. The Morgan fingerprint density at radius 2 is 2.14 bits per heavy atom. The lowest BCUT2D eigenvalue weighted by Gasteiger charge is -2.28. The topological polar surface area (TPSA) is 91.0 Å². The number of hydrogen-bond donors (Lipinski definition) is 1. The Kier molecular flexibility index (Phi) is 6.54. The van der Waals surface area contributed by atoms with Crippen LogP contribution in [0.25, 0.3) is 16.6 Å². The van der Waals surface area contributed by atoms with Gasteiger partial charge in [0.15, 0.2) is 0 Å². The van der Waals surface area contributed by atoms with E-state index in [-0.39, 0.29) is 6.03 Å². The molecule has 2 aliphatic rings. The van der Waals surface area contributed by atoms with Gasteiger partial charge in [0, 0.05) is 38.9 Å². The molecule has 2 aliphatic heterocycles. The smallest absolute Gasteiger partial charge is 0.323 e. The van der Waals surface area contributed by atoms with Crippen LogP contribution in [0.3, 0.4) is 0 Å². The van der Waals surface area contributed by atoms with Crippen LogP contribution in [0.2, 0.25) is 0 Å². The molecule has 1 N–H and O–H groups in total. The van der Waals surface area contributed by atoms with Gasteiger partial charge in [-0.05, 0) is 41.7 Å². The van der Waals surface area contributed by atoms with Gasteiger partial charge in [-0.25, -0.2) is 14.8 Å². The summed E-state index contributed by atoms with van der Waals surface area (Å²) < 4.78 is 2.01. The van der Waals surface area contributed by atoms with Crippen molar-refractivity contribution in [2.75, 3.05) is 30.8 Å². The van der Waals surface area contributed by atoms with Crippen molar-refractivity contribution in [3.05, 3.63) is 54.0 Å². The zero-order valence-corrected chi connectivity index (χ0v) is 20.9. The molecule has 0 aliphatic carbocycles. The number of imidazole rings is 1. The molecular weight excluding hydrogens is 460 g/mol. The lowest BCUT2D eigenvalue weighted by molar-refractivity contribution is 0.208. The van der Waals surface area contributed by atoms with Crippen molar-refractivity contribution < 1.29 is 4.79 Å². The van der Waals surface area contributed by atoms with Gasteiger partial charge in [0.05, 0.1) is 29.3 Å². The van der Waals surface area contributed by atoms with Gasteiger partial charge in [-0.3, -0.25) is 5.32 Å². The van der Waals surface area contributed by atoms with E-state index >= 15 is 0 Å². The fourth-order valence-corrected chi connectivity index (χ4v) is 4.85. The third-order valence-corrected chi connectivity index (χ3v) is 7.08. The number of carbonyl (C=O) groups excluding carboxylic acids is 1. The predicted molar refractivity (Wildman–Crippen MR) is 143 cm³/mol. The standard InChI is InChI=1S/C25H28N8OS/c1-4-17-11-19(18-7-9-33(10-8-18)25(34)29-23-14-35-16-28-30-23)5-6-21(17)32(3)24-12-22-20(13-26-24)27-15-31(22)2/h5-7,11-13,15-16H,4,8-10,14H2,1-3H3,(H,29,30,34). The maximum Gasteiger partial charge on any atom is 0.323 e. The molecule has 0 unspecified atom stereocenters. The number of pyridine rings is 1. The third kappa shape index (κ3) is 4.79. The van der Waals surface area contributed by atoms with E-state index in [9.17, 15) is 4.79 Å². The second kappa shape index (κ2) is 9.91. The van der Waals surface area contributed by atoms with E-state index in [0.717, 1.165) is 35.4 Å². The zero-order chi connectivity index (χ0) is 24.4. The van der Waals surface area contributed by atoms with Crippen LogP contribution in [0.4, 0.5) is 16.3 Å². The lowest BCUT2D eigenvalue weighted by Crippen LogP contribution is -2.45. The lowest BCUT2D eigenvalue weighted by atomic mass is 9.96. The van der Waals surface area contributed by atoms with Crippen molar-refractivity contribution in [3.63, 3.8) is 0 Å². The number of nitrogens with one attached hydrogen (secondary N) is 1. The maximum atomic E-state index is 12.6. The van der Waals surface area contributed by atoms with Gasteiger partial charge >= 0.3 is 6.03 Å². The molecule has 0 radical (unpaired) electrons. The van der Waals surface area contributed by atoms with E-state index in [4.69, 9.17) is 0 Å². The highest BCUT2D eigenvalue weighted by Crippen LogP contribution is 2.32. The number of amidine groups is 1. The van der Waals surface area contributed by atoms with Crippen LogP contribution in [0.1, 0.15) is 24.5 Å². The molecule has 0 bridgehead atoms. The Balaban J connectivity index is 1.31. The Labute approximate surface area is 208 Å². The molecule has 2 aromatic heterocycles. The first-order valence-electron chi connectivity index (χ1n) is 11.6. The number of aromatic nitrogens is 3. The van der Waals surface area contributed by atoms with Gasteiger partial charge in [-0.15, -0.1) is 16.9 Å². The van der Waals surface area contributed by atoms with E-state index in [2.05, 4.69) is 74.7 Å². The highest BCUT2D eigenvalue weighted by molar-refractivity contribution is 8.12. The van der Waals surface area contributed by atoms with E-state index < -0.39 is 0 Å². The Morgan fingerprint density at radius 3 is 2.89 bits per heavy atom. The molecule has 9 nitrogen and oxygen atoms in total. The van der Waals surface area contributed by atoms with E-state index in [1.807, 2.05) is 24.1 Å². The van der Waals surface area contributed by atoms with Gasteiger partial charge < -0.3 is 14.4 Å². The SMILES string of the molecule is CCc1cc(C2=CCN(C(=O)NC3=NN=CSC3)CC2)ccc1N(C)c1cc2c(cn1)ncn2C. The first kappa shape index (κ1) is 23.1. The molecular formula is C25H28N8OS. The quantitative estimate of drug-likeness (QED) is 0.595. The number of amides is 2. The van der Waals surface area contributed by atoms with Crippen molar-refractivity contribution in [1.29, 1.82) is 0 Å². The summed E-state index contributed by atoms with van der Waals surface area (Å²) in [5, 5.41) is 10.7. The number of thioether (sulfide) groups is 1. The second-order valence-electron chi connectivity index (χ2n) is 8.58. The number of benzene rings is 1. The Bertz CT molecular complexity index is 1360. The molecule has 0 saturated carbocycles. The molecule has 1 aromatic carbocycles. The number of nitrogens with zero attached hydrogens (tertiary/aromatic N) is 7. The summed E-state index contributed by atoms with van der Waals surface area (Å²) in [6.07, 6.45) is 7.50. The first-order valence-corrected chi connectivity index (χ1v) is 12.7. The number of urea groups is 1. The van der Waals surface area contributed by atoms with E-state index in [1.54, 1.807) is 10.4 Å². The largest absolute Gasteiger partial charge is 0.334 e.